The summed E-state index contributed by atoms with van der Waals surface area (Å²) in [6.45, 7) is 9.43. The Morgan fingerprint density at radius 2 is 0.689 bits per heavy atom. The highest BCUT2D eigenvalue weighted by Crippen LogP contribution is 2.54. The first-order valence-electron chi connectivity index (χ1n) is 31.5. The second kappa shape index (κ2) is 18.7. The number of hydrogen-bond acceptors (Lipinski definition) is 2. The van der Waals surface area contributed by atoms with E-state index in [0.29, 0.717) is 5.82 Å². The van der Waals surface area contributed by atoms with Crippen LogP contribution in [0.2, 0.25) is 0 Å². The van der Waals surface area contributed by atoms with E-state index < -0.39 is 0 Å². The normalized spacial score (nSPS) is 13.7. The van der Waals surface area contributed by atoms with Crippen molar-refractivity contribution in [2.75, 3.05) is 0 Å². The maximum absolute atomic E-state index is 5.54. The van der Waals surface area contributed by atoms with Crippen LogP contribution in [-0.4, -0.2) is 19.1 Å². The van der Waals surface area contributed by atoms with E-state index in [4.69, 9.17) is 9.97 Å². The molecule has 3 aliphatic rings. The lowest BCUT2D eigenvalue weighted by atomic mass is 9.82. The minimum Gasteiger partial charge on any atom is -0.309 e. The highest BCUT2D eigenvalue weighted by molar-refractivity contribution is 6.20. The molecular formula is C86H58N4. The van der Waals surface area contributed by atoms with Crippen LogP contribution in [0, 0.1) is 0 Å². The first-order valence-corrected chi connectivity index (χ1v) is 31.5. The Kier molecular flexibility index (Phi) is 10.6. The van der Waals surface area contributed by atoms with Gasteiger partial charge >= 0.3 is 0 Å². The molecule has 0 aliphatic heterocycles. The van der Waals surface area contributed by atoms with E-state index in [-0.39, 0.29) is 10.8 Å². The van der Waals surface area contributed by atoms with Gasteiger partial charge in [0.15, 0.2) is 5.82 Å². The monoisotopic (exact) mass is 1150 g/mol. The zero-order chi connectivity index (χ0) is 59.7. The lowest BCUT2D eigenvalue weighted by Crippen LogP contribution is -2.15. The maximum atomic E-state index is 5.54. The Balaban J connectivity index is 0.669. The van der Waals surface area contributed by atoms with Crippen molar-refractivity contribution in [1.29, 1.82) is 0 Å². The third-order valence-electron chi connectivity index (χ3n) is 20.5. The van der Waals surface area contributed by atoms with Crippen LogP contribution in [0.4, 0.5) is 0 Å². The van der Waals surface area contributed by atoms with E-state index in [0.717, 1.165) is 50.3 Å². The fraction of sp³-hybridized carbons (Fsp3) is 0.0698. The van der Waals surface area contributed by atoms with Crippen LogP contribution in [0.15, 0.2) is 279 Å². The summed E-state index contributed by atoms with van der Waals surface area (Å²) >= 11 is 0. The van der Waals surface area contributed by atoms with Crippen molar-refractivity contribution in [2.24, 2.45) is 0 Å². The summed E-state index contributed by atoms with van der Waals surface area (Å²) in [6.07, 6.45) is 0. The predicted molar refractivity (Wildman–Crippen MR) is 375 cm³/mol. The van der Waals surface area contributed by atoms with Crippen LogP contribution in [0.3, 0.4) is 0 Å². The van der Waals surface area contributed by atoms with Gasteiger partial charge in [-0.1, -0.05) is 240 Å². The van der Waals surface area contributed by atoms with Crippen molar-refractivity contribution in [3.05, 3.63) is 301 Å². The van der Waals surface area contributed by atoms with Gasteiger partial charge in [0.2, 0.25) is 0 Å². The quantitative estimate of drug-likeness (QED) is 0.159. The molecule has 0 N–H and O–H groups in total. The molecular weight excluding hydrogens is 1090 g/mol. The first kappa shape index (κ1) is 50.9. The molecule has 13 aromatic carbocycles. The second-order valence-corrected chi connectivity index (χ2v) is 26.0. The predicted octanol–water partition coefficient (Wildman–Crippen LogP) is 22.4. The van der Waals surface area contributed by atoms with Crippen molar-refractivity contribution in [3.8, 4) is 112 Å². The third-order valence-corrected chi connectivity index (χ3v) is 20.5. The van der Waals surface area contributed by atoms with Gasteiger partial charge in [-0.25, -0.2) is 9.97 Å². The van der Waals surface area contributed by atoms with E-state index in [2.05, 4.69) is 316 Å². The fourth-order valence-electron chi connectivity index (χ4n) is 16.1. The van der Waals surface area contributed by atoms with E-state index >= 15 is 0 Å². The molecule has 3 aromatic heterocycles. The van der Waals surface area contributed by atoms with E-state index in [1.165, 1.54) is 133 Å². The van der Waals surface area contributed by atoms with Gasteiger partial charge in [0, 0.05) is 66.0 Å². The van der Waals surface area contributed by atoms with Crippen LogP contribution in [0.5, 0.6) is 0 Å². The van der Waals surface area contributed by atoms with E-state index in [1.54, 1.807) is 0 Å². The zero-order valence-corrected chi connectivity index (χ0v) is 50.3. The Labute approximate surface area is 522 Å². The van der Waals surface area contributed by atoms with Gasteiger partial charge in [0.1, 0.15) is 0 Å². The Morgan fingerprint density at radius 3 is 1.32 bits per heavy atom. The summed E-state index contributed by atoms with van der Waals surface area (Å²) in [5.41, 5.74) is 32.2. The molecule has 4 heteroatoms. The van der Waals surface area contributed by atoms with Gasteiger partial charge in [-0.15, -0.1) is 0 Å². The first-order chi connectivity index (χ1) is 44.1. The lowest BCUT2D eigenvalue weighted by molar-refractivity contribution is 0.660. The molecule has 422 valence electrons. The van der Waals surface area contributed by atoms with E-state index in [9.17, 15) is 0 Å². The zero-order valence-electron chi connectivity index (χ0n) is 50.3. The maximum Gasteiger partial charge on any atom is 0.160 e. The molecule has 0 saturated heterocycles. The molecule has 0 amide bonds. The van der Waals surface area contributed by atoms with Gasteiger partial charge in [-0.05, 0) is 161 Å². The van der Waals surface area contributed by atoms with Crippen molar-refractivity contribution in [3.63, 3.8) is 0 Å². The van der Waals surface area contributed by atoms with Crippen molar-refractivity contribution in [1.82, 2.24) is 19.1 Å². The number of hydrogen-bond donors (Lipinski definition) is 0. The molecule has 0 fully saturated rings. The van der Waals surface area contributed by atoms with Gasteiger partial charge in [0.05, 0.1) is 33.5 Å². The van der Waals surface area contributed by atoms with Gasteiger partial charge in [0.25, 0.3) is 0 Å². The summed E-state index contributed by atoms with van der Waals surface area (Å²) in [4.78, 5) is 11.0. The van der Waals surface area contributed by atoms with E-state index in [1.807, 2.05) is 0 Å². The summed E-state index contributed by atoms with van der Waals surface area (Å²) in [5, 5.41) is 7.37. The SMILES string of the molecule is CC1(C)c2ccccc2-c2ccc(-n3c4ccccc4c4cc(-c5ccc(-c6nc(-c7ccccc7)c7c(n6)-c6cccc8c(-c9cccc(-c%10ccc%11c(c%10)c%10ccccc%10n%11-c%10ccc%11c(c%10)C(C)(C)c%10ccccc%10-%11)c9)ccc-7c68)cc5)ccc43)cc21. The fourth-order valence-corrected chi connectivity index (χ4v) is 16.1. The highest BCUT2D eigenvalue weighted by Gasteiger charge is 2.37. The molecule has 0 radical (unpaired) electrons. The summed E-state index contributed by atoms with van der Waals surface area (Å²) < 4.78 is 4.90. The Hall–Kier alpha value is -11.2. The molecule has 4 nitrogen and oxygen atoms in total. The standard InChI is InChI=1S/C86H58N4/c1-85(2)72-28-12-8-22-61(72)63-40-38-58(49-74(63)85)89-76-30-14-10-24-65(76)70-47-55(36-44-78(70)89)51-32-34-53(35-33-51)84-87-82(52-18-6-5-7-19-52)81-68-43-42-60(67-26-17-27-69(80(67)68)83(81)88-84)57-21-16-20-54(46-57)56-37-45-79-71(48-56)66-25-11-15-31-77(66)90(79)59-39-41-64-62-23-9-13-29-73(62)86(3,4)75(64)50-59/h5-50H,1-4H3. The largest absolute Gasteiger partial charge is 0.309 e. The highest BCUT2D eigenvalue weighted by atomic mass is 15.0. The van der Waals surface area contributed by atoms with Crippen molar-refractivity contribution in [2.45, 2.75) is 38.5 Å². The average Bonchev–Trinajstić information content (AvgIpc) is 1.62. The topological polar surface area (TPSA) is 35.6 Å². The smallest absolute Gasteiger partial charge is 0.160 e. The number of fused-ring (bicyclic) bond motifs is 15. The molecule has 3 heterocycles. The number of aromatic nitrogens is 4. The average molecular weight is 1150 g/mol. The number of rotatable bonds is 7. The number of benzene rings is 13. The minimum atomic E-state index is -0.0894. The van der Waals surface area contributed by atoms with Crippen LogP contribution in [0.25, 0.3) is 166 Å². The van der Waals surface area contributed by atoms with Crippen LogP contribution < -0.4 is 0 Å². The van der Waals surface area contributed by atoms with Crippen molar-refractivity contribution >= 4 is 54.4 Å². The molecule has 0 saturated carbocycles. The molecule has 19 rings (SSSR count). The lowest BCUT2D eigenvalue weighted by Gasteiger charge is -2.22. The van der Waals surface area contributed by atoms with Crippen LogP contribution in [-0.2, 0) is 10.8 Å². The van der Waals surface area contributed by atoms with Crippen LogP contribution >= 0.6 is 0 Å². The second-order valence-electron chi connectivity index (χ2n) is 26.0. The molecule has 0 unspecified atom stereocenters. The third kappa shape index (κ3) is 7.19. The molecule has 0 spiro atoms. The molecule has 16 aromatic rings. The molecule has 90 heavy (non-hydrogen) atoms. The Morgan fingerprint density at radius 1 is 0.256 bits per heavy atom. The number of para-hydroxylation sites is 2. The minimum absolute atomic E-state index is 0.0887. The van der Waals surface area contributed by atoms with Gasteiger partial charge in [-0.3, -0.25) is 0 Å². The molecule has 0 bridgehead atoms. The number of nitrogens with zero attached hydrogens (tertiary/aromatic N) is 4. The van der Waals surface area contributed by atoms with Gasteiger partial charge in [-0.2, -0.15) is 0 Å². The summed E-state index contributed by atoms with van der Waals surface area (Å²) in [7, 11) is 0. The summed E-state index contributed by atoms with van der Waals surface area (Å²) in [6, 6.07) is 104. The molecule has 0 atom stereocenters. The Bertz CT molecular complexity index is 5770. The molecule has 3 aliphatic carbocycles. The van der Waals surface area contributed by atoms with Crippen LogP contribution in [0.1, 0.15) is 49.9 Å². The van der Waals surface area contributed by atoms with Gasteiger partial charge < -0.3 is 9.13 Å². The summed E-state index contributed by atoms with van der Waals surface area (Å²) in [5.74, 6) is 0.707. The van der Waals surface area contributed by atoms with Crippen molar-refractivity contribution < 1.29 is 0 Å².